The van der Waals surface area contributed by atoms with Crippen molar-refractivity contribution in [1.29, 1.82) is 0 Å². The molecule has 2 aromatic rings. The maximum Gasteiger partial charge on any atom is 0.225 e. The first-order valence-electron chi connectivity index (χ1n) is 10.2. The van der Waals surface area contributed by atoms with E-state index in [1.807, 2.05) is 24.3 Å². The first kappa shape index (κ1) is 21.3. The largest absolute Gasteiger partial charge is 0.356 e. The zero-order valence-electron chi connectivity index (χ0n) is 17.0. The Hall–Kier alpha value is -2.38. The number of rotatable bonds is 8. The summed E-state index contributed by atoms with van der Waals surface area (Å²) in [6, 6.07) is 9.83. The maximum absolute atomic E-state index is 6.03. The van der Waals surface area contributed by atoms with Crippen molar-refractivity contribution in [2.75, 3.05) is 57.8 Å². The number of aliphatic imine (C=N–C) groups is 1. The molecule has 1 aliphatic heterocycles. The van der Waals surface area contributed by atoms with Crippen molar-refractivity contribution in [2.45, 2.75) is 12.8 Å². The van der Waals surface area contributed by atoms with Gasteiger partial charge in [0.25, 0.3) is 0 Å². The van der Waals surface area contributed by atoms with Crippen molar-refractivity contribution in [3.05, 3.63) is 53.3 Å². The van der Waals surface area contributed by atoms with Crippen LogP contribution in [0, 0.1) is 0 Å². The van der Waals surface area contributed by atoms with Crippen molar-refractivity contribution < 1.29 is 0 Å². The Kier molecular flexibility index (Phi) is 8.52. The second-order valence-electron chi connectivity index (χ2n) is 7.04. The van der Waals surface area contributed by atoms with Gasteiger partial charge in [0, 0.05) is 63.7 Å². The summed E-state index contributed by atoms with van der Waals surface area (Å²) < 4.78 is 0. The molecule has 29 heavy (non-hydrogen) atoms. The van der Waals surface area contributed by atoms with E-state index < -0.39 is 0 Å². The van der Waals surface area contributed by atoms with Crippen LogP contribution in [0.25, 0.3) is 0 Å². The molecule has 1 fully saturated rings. The molecule has 0 saturated carbocycles. The molecule has 1 aromatic carbocycles. The molecule has 0 atom stereocenters. The average molecular weight is 416 g/mol. The van der Waals surface area contributed by atoms with Crippen LogP contribution >= 0.6 is 11.6 Å². The van der Waals surface area contributed by atoms with Crippen LogP contribution in [0.5, 0.6) is 0 Å². The molecule has 1 saturated heterocycles. The fourth-order valence-electron chi connectivity index (χ4n) is 3.37. The summed E-state index contributed by atoms with van der Waals surface area (Å²) in [6.45, 7) is 6.85. The molecule has 0 amide bonds. The molecule has 1 aliphatic rings. The number of halogens is 1. The van der Waals surface area contributed by atoms with E-state index in [0.29, 0.717) is 0 Å². The van der Waals surface area contributed by atoms with E-state index in [0.717, 1.165) is 75.6 Å². The van der Waals surface area contributed by atoms with Crippen LogP contribution in [0.2, 0.25) is 5.02 Å². The van der Waals surface area contributed by atoms with E-state index in [9.17, 15) is 0 Å². The quantitative estimate of drug-likeness (QED) is 0.390. The number of nitrogens with zero attached hydrogens (tertiary/aromatic N) is 5. The standard InChI is InChI=1S/C21H30ClN7/c1-23-20(25-11-7-18-5-2-6-19(22)17-18)24-10-4-12-28-13-15-29(16-14-28)21-26-8-3-9-27-21/h2-3,5-6,8-9,17H,4,7,10-16H2,1H3,(H2,23,24,25). The highest BCUT2D eigenvalue weighted by molar-refractivity contribution is 6.30. The van der Waals surface area contributed by atoms with Gasteiger partial charge in [-0.3, -0.25) is 9.89 Å². The molecule has 7 nitrogen and oxygen atoms in total. The monoisotopic (exact) mass is 415 g/mol. The van der Waals surface area contributed by atoms with Crippen LogP contribution in [-0.2, 0) is 6.42 Å². The molecule has 0 radical (unpaired) electrons. The lowest BCUT2D eigenvalue weighted by Crippen LogP contribution is -2.47. The van der Waals surface area contributed by atoms with Gasteiger partial charge in [-0.1, -0.05) is 23.7 Å². The summed E-state index contributed by atoms with van der Waals surface area (Å²) in [6.07, 6.45) is 5.60. The van der Waals surface area contributed by atoms with Gasteiger partial charge in [-0.25, -0.2) is 9.97 Å². The highest BCUT2D eigenvalue weighted by Gasteiger charge is 2.18. The molecule has 2 N–H and O–H groups in total. The first-order chi connectivity index (χ1) is 14.2. The normalized spacial score (nSPS) is 15.4. The van der Waals surface area contributed by atoms with Crippen LogP contribution in [0.3, 0.4) is 0 Å². The lowest BCUT2D eigenvalue weighted by molar-refractivity contribution is 0.254. The van der Waals surface area contributed by atoms with Crippen molar-refractivity contribution >= 4 is 23.5 Å². The summed E-state index contributed by atoms with van der Waals surface area (Å²) >= 11 is 6.03. The Morgan fingerprint density at radius 2 is 1.83 bits per heavy atom. The Balaban J connectivity index is 1.27. The van der Waals surface area contributed by atoms with Gasteiger partial charge in [0.1, 0.15) is 0 Å². The zero-order chi connectivity index (χ0) is 20.3. The lowest BCUT2D eigenvalue weighted by Gasteiger charge is -2.34. The molecule has 3 rings (SSSR count). The summed E-state index contributed by atoms with van der Waals surface area (Å²) in [5.74, 6) is 1.68. The molecule has 1 aromatic heterocycles. The van der Waals surface area contributed by atoms with Crippen LogP contribution in [-0.4, -0.2) is 73.7 Å². The van der Waals surface area contributed by atoms with E-state index in [4.69, 9.17) is 11.6 Å². The molecular formula is C21H30ClN7. The fourth-order valence-corrected chi connectivity index (χ4v) is 3.59. The topological polar surface area (TPSA) is 68.7 Å². The van der Waals surface area contributed by atoms with E-state index >= 15 is 0 Å². The number of hydrogen-bond acceptors (Lipinski definition) is 5. The highest BCUT2D eigenvalue weighted by Crippen LogP contribution is 2.11. The van der Waals surface area contributed by atoms with Gasteiger partial charge in [-0.2, -0.15) is 0 Å². The van der Waals surface area contributed by atoms with Gasteiger partial charge in [0.15, 0.2) is 5.96 Å². The average Bonchev–Trinajstić information content (AvgIpc) is 2.76. The summed E-state index contributed by atoms with van der Waals surface area (Å²) in [4.78, 5) is 17.7. The zero-order valence-corrected chi connectivity index (χ0v) is 17.8. The second-order valence-corrected chi connectivity index (χ2v) is 7.47. The van der Waals surface area contributed by atoms with E-state index in [1.54, 1.807) is 19.4 Å². The predicted octanol–water partition coefficient (Wildman–Crippen LogP) is 2.05. The Bertz CT molecular complexity index is 761. The third-order valence-electron chi connectivity index (χ3n) is 4.97. The number of anilines is 1. The smallest absolute Gasteiger partial charge is 0.225 e. The minimum absolute atomic E-state index is 0.780. The second kappa shape index (κ2) is 11.6. The van der Waals surface area contributed by atoms with Gasteiger partial charge < -0.3 is 15.5 Å². The number of piperazine rings is 1. The Morgan fingerprint density at radius 3 is 2.55 bits per heavy atom. The molecular weight excluding hydrogens is 386 g/mol. The molecule has 0 spiro atoms. The summed E-state index contributed by atoms with van der Waals surface area (Å²) in [7, 11) is 1.81. The maximum atomic E-state index is 6.03. The SMILES string of the molecule is CN=C(NCCCN1CCN(c2ncccn2)CC1)NCCc1cccc(Cl)c1. The van der Waals surface area contributed by atoms with Gasteiger partial charge in [0.05, 0.1) is 0 Å². The van der Waals surface area contributed by atoms with Gasteiger partial charge in [0.2, 0.25) is 5.95 Å². The first-order valence-corrected chi connectivity index (χ1v) is 10.6. The number of benzene rings is 1. The van der Waals surface area contributed by atoms with E-state index in [2.05, 4.69) is 41.5 Å². The minimum Gasteiger partial charge on any atom is -0.356 e. The van der Waals surface area contributed by atoms with E-state index in [-0.39, 0.29) is 0 Å². The summed E-state index contributed by atoms with van der Waals surface area (Å²) in [5, 5.41) is 7.54. The number of aromatic nitrogens is 2. The van der Waals surface area contributed by atoms with Crippen LogP contribution in [0.15, 0.2) is 47.7 Å². The predicted molar refractivity (Wildman–Crippen MR) is 120 cm³/mol. The molecule has 2 heterocycles. The molecule has 0 aliphatic carbocycles. The molecule has 8 heteroatoms. The van der Waals surface area contributed by atoms with Crippen LogP contribution < -0.4 is 15.5 Å². The van der Waals surface area contributed by atoms with Crippen molar-refractivity contribution in [3.8, 4) is 0 Å². The van der Waals surface area contributed by atoms with Crippen LogP contribution in [0.1, 0.15) is 12.0 Å². The van der Waals surface area contributed by atoms with Gasteiger partial charge in [-0.05, 0) is 43.1 Å². The highest BCUT2D eigenvalue weighted by atomic mass is 35.5. The van der Waals surface area contributed by atoms with Crippen LogP contribution in [0.4, 0.5) is 5.95 Å². The molecule has 0 bridgehead atoms. The third kappa shape index (κ3) is 7.18. The minimum atomic E-state index is 0.780. The van der Waals surface area contributed by atoms with Gasteiger partial charge in [-0.15, -0.1) is 0 Å². The van der Waals surface area contributed by atoms with Crippen molar-refractivity contribution in [2.24, 2.45) is 4.99 Å². The van der Waals surface area contributed by atoms with Crippen molar-refractivity contribution in [1.82, 2.24) is 25.5 Å². The van der Waals surface area contributed by atoms with E-state index in [1.165, 1.54) is 5.56 Å². The Labute approximate surface area is 178 Å². The van der Waals surface area contributed by atoms with Gasteiger partial charge >= 0.3 is 0 Å². The third-order valence-corrected chi connectivity index (χ3v) is 5.20. The van der Waals surface area contributed by atoms with Crippen molar-refractivity contribution in [3.63, 3.8) is 0 Å². The summed E-state index contributed by atoms with van der Waals surface area (Å²) in [5.41, 5.74) is 1.22. The number of guanidine groups is 1. The lowest BCUT2D eigenvalue weighted by atomic mass is 10.1. The fraction of sp³-hybridized carbons (Fsp3) is 0.476. The molecule has 0 unspecified atom stereocenters. The number of nitrogens with one attached hydrogen (secondary N) is 2. The number of hydrogen-bond donors (Lipinski definition) is 2. The molecule has 156 valence electrons. The Morgan fingerprint density at radius 1 is 1.07 bits per heavy atom.